The molecule has 2 unspecified atom stereocenters. The number of allylic oxidation sites excluding steroid dienone is 22. The van der Waals surface area contributed by atoms with Crippen molar-refractivity contribution < 1.29 is 42.9 Å². The normalized spacial score (nSPS) is 13.4. The minimum Gasteiger partial charge on any atom is -0.477 e. The summed E-state index contributed by atoms with van der Waals surface area (Å²) in [6.45, 7) is 4.68. The highest BCUT2D eigenvalue weighted by molar-refractivity contribution is 5.71. The molecule has 0 saturated carbocycles. The molecule has 0 amide bonds. The van der Waals surface area contributed by atoms with Crippen LogP contribution in [0.3, 0.4) is 0 Å². The van der Waals surface area contributed by atoms with E-state index in [2.05, 4.69) is 148 Å². The van der Waals surface area contributed by atoms with Crippen molar-refractivity contribution >= 4 is 17.9 Å². The van der Waals surface area contributed by atoms with E-state index in [4.69, 9.17) is 18.9 Å². The summed E-state index contributed by atoms with van der Waals surface area (Å²) in [4.78, 5) is 37.7. The maximum absolute atomic E-state index is 13.0. The van der Waals surface area contributed by atoms with E-state index in [0.717, 1.165) is 109 Å². The SMILES string of the molecule is CC/C=C\C/C=C\C/C=C\C/C=C\C/C=C\C/C=C\CCCCCCCCCCCCCCCCCCCCC(=O)OC(COC(=O)CCCCCCCCCCCCCCCCCCC/C=C\C/C=C\C/C=C\C/C=C\C/C=C\CC)COC(OCC[N+](C)(C)C)C(=O)O. The molecule has 0 aliphatic carbocycles. The van der Waals surface area contributed by atoms with Crippen molar-refractivity contribution in [2.75, 3.05) is 47.5 Å². The average Bonchev–Trinajstić information content (AvgIpc) is 3.75. The number of likely N-dealkylation sites (N-methyl/N-ethyl adjacent to an activating group) is 1. The largest absolute Gasteiger partial charge is 0.477 e. The summed E-state index contributed by atoms with van der Waals surface area (Å²) >= 11 is 0. The second-order valence-electron chi connectivity index (χ2n) is 27.3. The molecular weight excluding hydrogens is 1170 g/mol. The summed E-state index contributed by atoms with van der Waals surface area (Å²) in [5, 5.41) is 9.77. The molecule has 0 aromatic heterocycles. The van der Waals surface area contributed by atoms with Gasteiger partial charge >= 0.3 is 17.9 Å². The number of rotatable bonds is 72. The van der Waals surface area contributed by atoms with Gasteiger partial charge in [0.25, 0.3) is 6.29 Å². The first kappa shape index (κ1) is 90.4. The Labute approximate surface area is 586 Å². The Hall–Kier alpha value is -4.57. The fourth-order valence-corrected chi connectivity index (χ4v) is 11.0. The van der Waals surface area contributed by atoms with E-state index in [9.17, 15) is 19.5 Å². The van der Waals surface area contributed by atoms with Gasteiger partial charge in [-0.1, -0.05) is 347 Å². The number of esters is 2. The molecule has 2 atom stereocenters. The highest BCUT2D eigenvalue weighted by Gasteiger charge is 2.25. The van der Waals surface area contributed by atoms with Crippen molar-refractivity contribution in [3.63, 3.8) is 0 Å². The smallest absolute Gasteiger partial charge is 0.361 e. The first-order valence-corrected chi connectivity index (χ1v) is 39.3. The third-order valence-corrected chi connectivity index (χ3v) is 16.9. The first-order valence-electron chi connectivity index (χ1n) is 39.3. The lowest BCUT2D eigenvalue weighted by molar-refractivity contribution is -0.870. The monoisotopic (exact) mass is 1320 g/mol. The number of carboxylic acids is 1. The van der Waals surface area contributed by atoms with E-state index < -0.39 is 24.3 Å². The van der Waals surface area contributed by atoms with Gasteiger partial charge in [0, 0.05) is 12.8 Å². The maximum atomic E-state index is 13.0. The Morgan fingerprint density at radius 3 is 0.842 bits per heavy atom. The van der Waals surface area contributed by atoms with Crippen molar-refractivity contribution in [2.24, 2.45) is 0 Å². The molecule has 0 saturated heterocycles. The lowest BCUT2D eigenvalue weighted by atomic mass is 10.0. The van der Waals surface area contributed by atoms with Gasteiger partial charge in [0.15, 0.2) is 6.10 Å². The molecule has 95 heavy (non-hydrogen) atoms. The lowest BCUT2D eigenvalue weighted by Crippen LogP contribution is -2.40. The van der Waals surface area contributed by atoms with Gasteiger partial charge in [0.2, 0.25) is 0 Å². The fourth-order valence-electron chi connectivity index (χ4n) is 11.0. The molecule has 0 aromatic rings. The van der Waals surface area contributed by atoms with Gasteiger partial charge < -0.3 is 28.5 Å². The van der Waals surface area contributed by atoms with E-state index in [-0.39, 0.29) is 32.2 Å². The van der Waals surface area contributed by atoms with Gasteiger partial charge in [0.1, 0.15) is 13.2 Å². The van der Waals surface area contributed by atoms with Crippen LogP contribution in [0, 0.1) is 0 Å². The van der Waals surface area contributed by atoms with Gasteiger partial charge in [-0.25, -0.2) is 4.79 Å². The molecule has 0 spiro atoms. The number of quaternary nitrogens is 1. The summed E-state index contributed by atoms with van der Waals surface area (Å²) in [6.07, 6.45) is 106. The summed E-state index contributed by atoms with van der Waals surface area (Å²) in [5.74, 6) is -1.99. The Kier molecular flexibility index (Phi) is 71.6. The van der Waals surface area contributed by atoms with Crippen LogP contribution in [0.25, 0.3) is 0 Å². The number of carbonyl (C=O) groups is 3. The second kappa shape index (κ2) is 75.2. The van der Waals surface area contributed by atoms with Crippen LogP contribution < -0.4 is 0 Å². The van der Waals surface area contributed by atoms with Gasteiger partial charge in [-0.15, -0.1) is 0 Å². The number of unbranched alkanes of at least 4 members (excludes halogenated alkanes) is 35. The van der Waals surface area contributed by atoms with Crippen LogP contribution in [0.4, 0.5) is 0 Å². The highest BCUT2D eigenvalue weighted by atomic mass is 16.7. The van der Waals surface area contributed by atoms with Crippen molar-refractivity contribution in [2.45, 2.75) is 347 Å². The van der Waals surface area contributed by atoms with Gasteiger partial charge in [-0.2, -0.15) is 0 Å². The topological polar surface area (TPSA) is 108 Å². The standard InChI is InChI=1S/C86H147NO8/c1-6-8-10-12-14-16-18-20-22-24-26-28-30-32-34-36-38-40-41-42-43-45-47-49-51-53-55-57-59-61-63-65-67-69-71-73-75-77-84(89)95-82(81-94-86(85(90)91)92-79-78-87(3,4)5)80-93-83(88)76-74-72-70-68-66-64-62-60-58-56-54-52-50-48-46-44-39-37-35-33-31-29-27-25-23-21-19-17-15-13-11-9-7-2/h8-11,14-17,20-23,26-29,32-35,38,40,82,86H,6-7,12-13,18-19,24-25,30-31,36-37,39,41-81H2,1-5H3/p+1/b10-8-,11-9-,16-14-,17-15-,22-20-,23-21-,28-26-,29-27-,34-32-,35-33-,40-38-. The molecular formula is C86H148NO8+. The van der Waals surface area contributed by atoms with Crippen LogP contribution >= 0.6 is 0 Å². The predicted octanol–water partition coefficient (Wildman–Crippen LogP) is 25.3. The lowest BCUT2D eigenvalue weighted by Gasteiger charge is -2.25. The zero-order chi connectivity index (χ0) is 69.0. The summed E-state index contributed by atoms with van der Waals surface area (Å²) < 4.78 is 23.1. The fraction of sp³-hybridized carbons (Fsp3) is 0.709. The van der Waals surface area contributed by atoms with E-state index >= 15 is 0 Å². The zero-order valence-electron chi connectivity index (χ0n) is 62.3. The van der Waals surface area contributed by atoms with Crippen LogP contribution in [0.15, 0.2) is 134 Å². The Balaban J connectivity index is 4.03. The molecule has 0 bridgehead atoms. The molecule has 0 aromatic carbocycles. The van der Waals surface area contributed by atoms with E-state index in [1.54, 1.807) is 0 Å². The van der Waals surface area contributed by atoms with E-state index in [0.29, 0.717) is 17.4 Å². The first-order chi connectivity index (χ1) is 46.6. The summed E-state index contributed by atoms with van der Waals surface area (Å²) in [7, 11) is 5.99. The van der Waals surface area contributed by atoms with Crippen molar-refractivity contribution in [1.29, 1.82) is 0 Å². The van der Waals surface area contributed by atoms with Crippen molar-refractivity contribution in [3.8, 4) is 0 Å². The minimum absolute atomic E-state index is 0.184. The Morgan fingerprint density at radius 1 is 0.316 bits per heavy atom. The minimum atomic E-state index is -1.52. The summed E-state index contributed by atoms with van der Waals surface area (Å²) in [6, 6.07) is 0. The average molecular weight is 1320 g/mol. The van der Waals surface area contributed by atoms with Crippen molar-refractivity contribution in [3.05, 3.63) is 134 Å². The molecule has 0 heterocycles. The number of aliphatic carboxylic acids is 1. The van der Waals surface area contributed by atoms with Crippen molar-refractivity contribution in [1.82, 2.24) is 0 Å². The molecule has 0 aliphatic heterocycles. The van der Waals surface area contributed by atoms with Gasteiger partial charge in [-0.05, 0) is 109 Å². The molecule has 0 rings (SSSR count). The quantitative estimate of drug-likeness (QED) is 0.0211. The van der Waals surface area contributed by atoms with E-state index in [1.165, 1.54) is 199 Å². The molecule has 544 valence electrons. The van der Waals surface area contributed by atoms with E-state index in [1.807, 2.05) is 21.1 Å². The van der Waals surface area contributed by atoms with Crippen LogP contribution in [-0.4, -0.2) is 87.4 Å². The van der Waals surface area contributed by atoms with Crippen LogP contribution in [-0.2, 0) is 33.3 Å². The third-order valence-electron chi connectivity index (χ3n) is 16.9. The van der Waals surface area contributed by atoms with Crippen LogP contribution in [0.1, 0.15) is 335 Å². The number of carbonyl (C=O) groups excluding carboxylic acids is 2. The van der Waals surface area contributed by atoms with Crippen LogP contribution in [0.2, 0.25) is 0 Å². The molecule has 0 radical (unpaired) electrons. The van der Waals surface area contributed by atoms with Crippen LogP contribution in [0.5, 0.6) is 0 Å². The maximum Gasteiger partial charge on any atom is 0.361 e. The van der Waals surface area contributed by atoms with Gasteiger partial charge in [0.05, 0.1) is 34.4 Å². The number of hydrogen-bond donors (Lipinski definition) is 1. The zero-order valence-corrected chi connectivity index (χ0v) is 62.3. The molecule has 1 N–H and O–H groups in total. The highest BCUT2D eigenvalue weighted by Crippen LogP contribution is 2.18. The predicted molar refractivity (Wildman–Crippen MR) is 410 cm³/mol. The third kappa shape index (κ3) is 76.7. The number of carboxylic acid groups (broad SMARTS) is 1. The number of nitrogens with zero attached hydrogens (tertiary/aromatic N) is 1. The Morgan fingerprint density at radius 2 is 0.568 bits per heavy atom. The Bertz CT molecular complexity index is 2030. The number of ether oxygens (including phenoxy) is 4. The molecule has 0 fully saturated rings. The molecule has 9 nitrogen and oxygen atoms in total. The molecule has 0 aliphatic rings. The molecule has 9 heteroatoms. The second-order valence-corrected chi connectivity index (χ2v) is 27.3. The number of hydrogen-bond acceptors (Lipinski definition) is 7. The van der Waals surface area contributed by atoms with Gasteiger partial charge in [-0.3, -0.25) is 9.59 Å². The summed E-state index contributed by atoms with van der Waals surface area (Å²) in [5.41, 5.74) is 0.